The maximum absolute atomic E-state index is 14.8. The van der Waals surface area contributed by atoms with E-state index < -0.39 is 59.7 Å². The Morgan fingerprint density at radius 3 is 2.23 bits per heavy atom. The first-order valence-corrected chi connectivity index (χ1v) is 13.7. The summed E-state index contributed by atoms with van der Waals surface area (Å²) in [5.74, 6) is -7.81. The van der Waals surface area contributed by atoms with Crippen LogP contribution in [0.15, 0.2) is 24.3 Å². The maximum Gasteiger partial charge on any atom is 0.351 e. The monoisotopic (exact) mass is 568 g/mol. The van der Waals surface area contributed by atoms with Crippen LogP contribution < -0.4 is 20.7 Å². The minimum absolute atomic E-state index is 0.0189. The molecule has 1 aliphatic heterocycles. The Balaban J connectivity index is 2.18. The summed E-state index contributed by atoms with van der Waals surface area (Å²) in [6.45, 7) is 8.56. The lowest BCUT2D eigenvalue weighted by atomic mass is 9.93. The summed E-state index contributed by atoms with van der Waals surface area (Å²) in [5, 5.41) is 17.8. The van der Waals surface area contributed by atoms with E-state index in [0.717, 1.165) is 0 Å². The third-order valence-electron chi connectivity index (χ3n) is 6.99. The van der Waals surface area contributed by atoms with E-state index in [-0.39, 0.29) is 25.4 Å². The van der Waals surface area contributed by atoms with Gasteiger partial charge in [-0.25, -0.2) is 0 Å². The number of methoxy groups -OCH3 is 1. The number of hydrogen-bond acceptors (Lipinski definition) is 6. The van der Waals surface area contributed by atoms with Gasteiger partial charge in [-0.15, -0.1) is 0 Å². The lowest BCUT2D eigenvalue weighted by molar-refractivity contribution is -0.169. The van der Waals surface area contributed by atoms with Crippen molar-refractivity contribution >= 4 is 23.6 Å². The highest BCUT2D eigenvalue weighted by Crippen LogP contribution is 2.26. The number of hydrogen-bond donors (Lipinski definition) is 4. The number of nitrogens with one attached hydrogen (secondary N) is 3. The standard InChI is InChI=1S/C28H42F2N4O6/c1-7-14-31-27(39)28(29,30)23(35)21(16(2)3)32-25(37)20-9-8-15-34(20)26(38)22(17(4)5)33-24(36)18-10-12-19(40-6)13-11-18/h10-13,16-17,20-23,35H,7-9,14-15H2,1-6H3,(H,31,39)(H,32,37)(H,33,36)/t20-,21-,22-,23+/m0/s1. The predicted octanol–water partition coefficient (Wildman–Crippen LogP) is 2.10. The van der Waals surface area contributed by atoms with Crippen molar-refractivity contribution in [3.63, 3.8) is 0 Å². The first kappa shape index (κ1) is 32.9. The molecule has 0 spiro atoms. The van der Waals surface area contributed by atoms with Crippen molar-refractivity contribution in [2.24, 2.45) is 11.8 Å². The van der Waals surface area contributed by atoms with Gasteiger partial charge >= 0.3 is 5.92 Å². The van der Waals surface area contributed by atoms with Crippen LogP contribution in [-0.4, -0.2) is 84.0 Å². The number of amides is 4. The summed E-state index contributed by atoms with van der Waals surface area (Å²) in [5.41, 5.74) is 0.327. The van der Waals surface area contributed by atoms with Crippen LogP contribution in [0.4, 0.5) is 8.78 Å². The molecule has 2 rings (SSSR count). The van der Waals surface area contributed by atoms with E-state index in [1.165, 1.54) is 25.9 Å². The van der Waals surface area contributed by atoms with Crippen molar-refractivity contribution in [2.75, 3.05) is 20.2 Å². The molecule has 4 amide bonds. The van der Waals surface area contributed by atoms with E-state index in [0.29, 0.717) is 24.2 Å². The zero-order valence-electron chi connectivity index (χ0n) is 24.0. The number of carbonyl (C=O) groups excluding carboxylic acids is 4. The molecule has 1 aliphatic rings. The summed E-state index contributed by atoms with van der Waals surface area (Å²) >= 11 is 0. The second-order valence-corrected chi connectivity index (χ2v) is 10.7. The van der Waals surface area contributed by atoms with E-state index in [2.05, 4.69) is 16.0 Å². The van der Waals surface area contributed by atoms with Crippen molar-refractivity contribution in [3.8, 4) is 5.75 Å². The topological polar surface area (TPSA) is 137 Å². The van der Waals surface area contributed by atoms with Crippen molar-refractivity contribution < 1.29 is 37.8 Å². The number of aliphatic hydroxyl groups is 1. The molecule has 1 heterocycles. The summed E-state index contributed by atoms with van der Waals surface area (Å²) in [6.07, 6.45) is -1.27. The van der Waals surface area contributed by atoms with Gasteiger partial charge in [0.15, 0.2) is 0 Å². The Kier molecular flexibility index (Phi) is 11.8. The van der Waals surface area contributed by atoms with Crippen LogP contribution in [-0.2, 0) is 14.4 Å². The molecule has 0 bridgehead atoms. The Hall–Kier alpha value is -3.28. The fraction of sp³-hybridized carbons (Fsp3) is 0.643. The smallest absolute Gasteiger partial charge is 0.351 e. The number of ether oxygens (including phenoxy) is 1. The molecule has 4 atom stereocenters. The predicted molar refractivity (Wildman–Crippen MR) is 145 cm³/mol. The number of carbonyl (C=O) groups is 4. The van der Waals surface area contributed by atoms with Crippen LogP contribution in [0.3, 0.4) is 0 Å². The highest BCUT2D eigenvalue weighted by Gasteiger charge is 2.51. The molecular weight excluding hydrogens is 526 g/mol. The van der Waals surface area contributed by atoms with Crippen molar-refractivity contribution in [2.45, 2.75) is 84.0 Å². The molecule has 10 nitrogen and oxygen atoms in total. The van der Waals surface area contributed by atoms with Gasteiger partial charge in [0.05, 0.1) is 13.2 Å². The Morgan fingerprint density at radius 1 is 1.07 bits per heavy atom. The normalized spacial score (nSPS) is 17.8. The van der Waals surface area contributed by atoms with Gasteiger partial charge in [-0.1, -0.05) is 34.6 Å². The molecule has 0 saturated carbocycles. The molecule has 1 saturated heterocycles. The van der Waals surface area contributed by atoms with E-state index in [1.54, 1.807) is 45.0 Å². The summed E-state index contributed by atoms with van der Waals surface area (Å²) < 4.78 is 34.6. The quantitative estimate of drug-likeness (QED) is 0.288. The molecule has 40 heavy (non-hydrogen) atoms. The summed E-state index contributed by atoms with van der Waals surface area (Å²) in [6, 6.07) is 3.00. The van der Waals surface area contributed by atoms with Crippen molar-refractivity contribution in [3.05, 3.63) is 29.8 Å². The Labute approximate surface area is 234 Å². The van der Waals surface area contributed by atoms with Gasteiger partial charge in [-0.05, 0) is 55.4 Å². The molecule has 0 aliphatic carbocycles. The van der Waals surface area contributed by atoms with E-state index in [9.17, 15) is 33.1 Å². The van der Waals surface area contributed by atoms with Gasteiger partial charge in [0.25, 0.3) is 11.8 Å². The second kappa shape index (κ2) is 14.4. The van der Waals surface area contributed by atoms with Crippen LogP contribution in [0.5, 0.6) is 5.75 Å². The average Bonchev–Trinajstić information content (AvgIpc) is 3.42. The molecule has 12 heteroatoms. The lowest BCUT2D eigenvalue weighted by Gasteiger charge is -2.34. The number of rotatable bonds is 13. The number of benzene rings is 1. The zero-order valence-corrected chi connectivity index (χ0v) is 24.0. The van der Waals surface area contributed by atoms with Gasteiger partial charge in [0, 0.05) is 18.7 Å². The largest absolute Gasteiger partial charge is 0.497 e. The number of aliphatic hydroxyl groups excluding tert-OH is 1. The Morgan fingerprint density at radius 2 is 1.70 bits per heavy atom. The number of halogens is 2. The first-order valence-electron chi connectivity index (χ1n) is 13.7. The van der Waals surface area contributed by atoms with E-state index in [4.69, 9.17) is 4.74 Å². The first-order chi connectivity index (χ1) is 18.8. The van der Waals surface area contributed by atoms with Crippen LogP contribution in [0.25, 0.3) is 0 Å². The zero-order chi connectivity index (χ0) is 30.2. The minimum Gasteiger partial charge on any atom is -0.497 e. The van der Waals surface area contributed by atoms with Gasteiger partial charge in [-0.3, -0.25) is 19.2 Å². The number of nitrogens with zero attached hydrogens (tertiary/aromatic N) is 1. The molecule has 4 N–H and O–H groups in total. The summed E-state index contributed by atoms with van der Waals surface area (Å²) in [4.78, 5) is 53.1. The number of likely N-dealkylation sites (tertiary alicyclic amines) is 1. The van der Waals surface area contributed by atoms with Gasteiger partial charge in [0.2, 0.25) is 11.8 Å². The lowest BCUT2D eigenvalue weighted by Crippen LogP contribution is -2.61. The fourth-order valence-corrected chi connectivity index (χ4v) is 4.55. The molecule has 0 radical (unpaired) electrons. The average molecular weight is 569 g/mol. The van der Waals surface area contributed by atoms with Crippen molar-refractivity contribution in [1.29, 1.82) is 0 Å². The minimum atomic E-state index is -4.14. The van der Waals surface area contributed by atoms with Crippen LogP contribution in [0.1, 0.15) is 64.2 Å². The summed E-state index contributed by atoms with van der Waals surface area (Å²) in [7, 11) is 1.51. The van der Waals surface area contributed by atoms with Gasteiger partial charge in [-0.2, -0.15) is 8.78 Å². The maximum atomic E-state index is 14.8. The van der Waals surface area contributed by atoms with Crippen LogP contribution in [0, 0.1) is 11.8 Å². The van der Waals surface area contributed by atoms with Crippen LogP contribution in [0.2, 0.25) is 0 Å². The van der Waals surface area contributed by atoms with Crippen molar-refractivity contribution in [1.82, 2.24) is 20.9 Å². The second-order valence-electron chi connectivity index (χ2n) is 10.7. The van der Waals surface area contributed by atoms with E-state index >= 15 is 0 Å². The Bertz CT molecular complexity index is 1030. The molecular formula is C28H42F2N4O6. The molecule has 1 aromatic carbocycles. The SMILES string of the molecule is CCCNC(=O)C(F)(F)[C@H](O)[C@@H](NC(=O)[C@@H]1CCCN1C(=O)[C@@H](NC(=O)c1ccc(OC)cc1)C(C)C)C(C)C. The van der Waals surface area contributed by atoms with Gasteiger partial charge < -0.3 is 30.7 Å². The molecule has 1 aromatic rings. The highest BCUT2D eigenvalue weighted by atomic mass is 19.3. The molecule has 224 valence electrons. The molecule has 0 unspecified atom stereocenters. The highest BCUT2D eigenvalue weighted by molar-refractivity contribution is 5.98. The number of alkyl halides is 2. The fourth-order valence-electron chi connectivity index (χ4n) is 4.55. The van der Waals surface area contributed by atoms with Gasteiger partial charge in [0.1, 0.15) is 23.9 Å². The molecule has 0 aromatic heterocycles. The third kappa shape index (κ3) is 7.89. The van der Waals surface area contributed by atoms with E-state index in [1.807, 2.05) is 0 Å². The third-order valence-corrected chi connectivity index (χ3v) is 6.99. The molecule has 1 fully saturated rings. The van der Waals surface area contributed by atoms with Crippen LogP contribution >= 0.6 is 0 Å².